The van der Waals surface area contributed by atoms with Crippen molar-refractivity contribution < 1.29 is 9.21 Å². The molecule has 0 unspecified atom stereocenters. The molecule has 0 radical (unpaired) electrons. The highest BCUT2D eigenvalue weighted by Gasteiger charge is 2.09. The number of carbonyl (C=O) groups excluding carboxylic acids is 1. The Kier molecular flexibility index (Phi) is 4.05. The molecule has 0 aliphatic rings. The van der Waals surface area contributed by atoms with Crippen LogP contribution in [0, 0.1) is 20.8 Å². The third kappa shape index (κ3) is 3.47. The average molecular weight is 257 g/mol. The predicted molar refractivity (Wildman–Crippen MR) is 76.8 cm³/mol. The lowest BCUT2D eigenvalue weighted by molar-refractivity contribution is 0.0958. The molecule has 1 aromatic carbocycles. The maximum absolute atomic E-state index is 11.8. The van der Waals surface area contributed by atoms with Crippen LogP contribution in [0.4, 0.5) is 5.69 Å². The fraction of sp³-hybridized carbons (Fsp3) is 0.312. The molecule has 0 bridgehead atoms. The summed E-state index contributed by atoms with van der Waals surface area (Å²) in [5.74, 6) is 1.24. The molecule has 3 nitrogen and oxygen atoms in total. The molecule has 0 spiro atoms. The number of rotatable bonds is 5. The molecule has 0 saturated heterocycles. The topological polar surface area (TPSA) is 42.2 Å². The SMILES string of the molecule is Cc1ccc(C(=O)CCNc2ccc(C)c(C)c2)o1. The van der Waals surface area contributed by atoms with E-state index in [1.807, 2.05) is 19.1 Å². The molecule has 0 aliphatic heterocycles. The number of hydrogen-bond acceptors (Lipinski definition) is 3. The van der Waals surface area contributed by atoms with Crippen molar-refractivity contribution >= 4 is 11.5 Å². The maximum Gasteiger partial charge on any atom is 0.199 e. The van der Waals surface area contributed by atoms with Gasteiger partial charge >= 0.3 is 0 Å². The fourth-order valence-corrected chi connectivity index (χ4v) is 1.88. The first-order chi connectivity index (χ1) is 9.06. The van der Waals surface area contributed by atoms with Crippen LogP contribution in [-0.2, 0) is 0 Å². The Morgan fingerprint density at radius 2 is 1.89 bits per heavy atom. The summed E-state index contributed by atoms with van der Waals surface area (Å²) in [6, 6.07) is 9.74. The summed E-state index contributed by atoms with van der Waals surface area (Å²) >= 11 is 0. The minimum Gasteiger partial charge on any atom is -0.458 e. The van der Waals surface area contributed by atoms with Gasteiger partial charge in [0.15, 0.2) is 11.5 Å². The lowest BCUT2D eigenvalue weighted by atomic mass is 10.1. The van der Waals surface area contributed by atoms with E-state index in [0.717, 1.165) is 11.4 Å². The molecule has 2 aromatic rings. The molecule has 0 amide bonds. The van der Waals surface area contributed by atoms with E-state index in [4.69, 9.17) is 4.42 Å². The molecule has 19 heavy (non-hydrogen) atoms. The zero-order valence-electron chi connectivity index (χ0n) is 11.6. The van der Waals surface area contributed by atoms with Gasteiger partial charge in [-0.15, -0.1) is 0 Å². The average Bonchev–Trinajstić information content (AvgIpc) is 2.80. The second-order valence-corrected chi connectivity index (χ2v) is 4.81. The van der Waals surface area contributed by atoms with Gasteiger partial charge in [0.1, 0.15) is 5.76 Å². The number of carbonyl (C=O) groups is 1. The van der Waals surface area contributed by atoms with Crippen LogP contribution in [0.1, 0.15) is 33.9 Å². The zero-order valence-corrected chi connectivity index (χ0v) is 11.6. The zero-order chi connectivity index (χ0) is 13.8. The quantitative estimate of drug-likeness (QED) is 0.826. The Labute approximate surface area is 113 Å². The maximum atomic E-state index is 11.8. The van der Waals surface area contributed by atoms with Crippen molar-refractivity contribution in [3.05, 3.63) is 53.0 Å². The van der Waals surface area contributed by atoms with Crippen molar-refractivity contribution in [2.75, 3.05) is 11.9 Å². The van der Waals surface area contributed by atoms with Crippen LogP contribution in [-0.4, -0.2) is 12.3 Å². The number of aryl methyl sites for hydroxylation is 3. The molecular formula is C16H19NO2. The van der Waals surface area contributed by atoms with E-state index >= 15 is 0 Å². The Balaban J connectivity index is 1.86. The molecular weight excluding hydrogens is 238 g/mol. The highest BCUT2D eigenvalue weighted by atomic mass is 16.3. The molecule has 0 saturated carbocycles. The number of hydrogen-bond donors (Lipinski definition) is 1. The second kappa shape index (κ2) is 5.74. The van der Waals surface area contributed by atoms with Crippen molar-refractivity contribution in [3.63, 3.8) is 0 Å². The Hall–Kier alpha value is -2.03. The van der Waals surface area contributed by atoms with Crippen LogP contribution in [0.15, 0.2) is 34.7 Å². The molecule has 100 valence electrons. The van der Waals surface area contributed by atoms with Gasteiger partial charge in [-0.1, -0.05) is 6.07 Å². The van der Waals surface area contributed by atoms with Crippen LogP contribution in [0.5, 0.6) is 0 Å². The van der Waals surface area contributed by atoms with Crippen molar-refractivity contribution in [1.29, 1.82) is 0 Å². The summed E-state index contributed by atoms with van der Waals surface area (Å²) in [4.78, 5) is 11.8. The molecule has 0 atom stereocenters. The lowest BCUT2D eigenvalue weighted by Crippen LogP contribution is -2.08. The minimum absolute atomic E-state index is 0.0319. The molecule has 1 heterocycles. The standard InChI is InChI=1S/C16H19NO2/c1-11-4-6-14(10-12(11)2)17-9-8-15(18)16-7-5-13(3)19-16/h4-7,10,17H,8-9H2,1-3H3. The first-order valence-electron chi connectivity index (χ1n) is 6.47. The number of ketones is 1. The van der Waals surface area contributed by atoms with Gasteiger partial charge in [-0.25, -0.2) is 0 Å². The van der Waals surface area contributed by atoms with Gasteiger partial charge in [0, 0.05) is 18.7 Å². The number of furan rings is 1. The van der Waals surface area contributed by atoms with E-state index in [1.165, 1.54) is 11.1 Å². The first kappa shape index (κ1) is 13.4. The van der Waals surface area contributed by atoms with Crippen LogP contribution < -0.4 is 5.32 Å². The van der Waals surface area contributed by atoms with E-state index in [9.17, 15) is 4.79 Å². The minimum atomic E-state index is 0.0319. The molecule has 0 fully saturated rings. The van der Waals surface area contributed by atoms with Gasteiger partial charge in [-0.05, 0) is 56.2 Å². The lowest BCUT2D eigenvalue weighted by Gasteiger charge is -2.07. The number of nitrogens with one attached hydrogen (secondary N) is 1. The number of anilines is 1. The fourth-order valence-electron chi connectivity index (χ4n) is 1.88. The summed E-state index contributed by atoms with van der Waals surface area (Å²) in [6.07, 6.45) is 0.430. The van der Waals surface area contributed by atoms with E-state index in [0.29, 0.717) is 18.7 Å². The van der Waals surface area contributed by atoms with Crippen molar-refractivity contribution in [2.24, 2.45) is 0 Å². The monoisotopic (exact) mass is 257 g/mol. The van der Waals surface area contributed by atoms with Crippen LogP contribution in [0.25, 0.3) is 0 Å². The summed E-state index contributed by atoms with van der Waals surface area (Å²) in [7, 11) is 0. The largest absolute Gasteiger partial charge is 0.458 e. The van der Waals surface area contributed by atoms with Gasteiger partial charge in [-0.3, -0.25) is 4.79 Å². The Morgan fingerprint density at radius 3 is 2.53 bits per heavy atom. The van der Waals surface area contributed by atoms with Gasteiger partial charge in [0.05, 0.1) is 0 Å². The third-order valence-corrected chi connectivity index (χ3v) is 3.20. The van der Waals surface area contributed by atoms with Gasteiger partial charge in [-0.2, -0.15) is 0 Å². The predicted octanol–water partition coefficient (Wildman–Crippen LogP) is 3.89. The second-order valence-electron chi connectivity index (χ2n) is 4.81. The van der Waals surface area contributed by atoms with E-state index < -0.39 is 0 Å². The highest BCUT2D eigenvalue weighted by molar-refractivity contribution is 5.93. The molecule has 2 rings (SSSR count). The summed E-state index contributed by atoms with van der Waals surface area (Å²) in [5.41, 5.74) is 3.57. The highest BCUT2D eigenvalue weighted by Crippen LogP contribution is 2.14. The smallest absolute Gasteiger partial charge is 0.199 e. The van der Waals surface area contributed by atoms with Crippen molar-refractivity contribution in [1.82, 2.24) is 0 Å². The Bertz CT molecular complexity index is 584. The number of Topliss-reactive ketones (excluding diaryl/α,β-unsaturated/α-hetero) is 1. The summed E-state index contributed by atoms with van der Waals surface area (Å²) < 4.78 is 5.31. The van der Waals surface area contributed by atoms with E-state index in [1.54, 1.807) is 6.07 Å². The normalized spacial score (nSPS) is 10.5. The Morgan fingerprint density at radius 1 is 1.11 bits per heavy atom. The van der Waals surface area contributed by atoms with Crippen molar-refractivity contribution in [3.8, 4) is 0 Å². The molecule has 1 N–H and O–H groups in total. The van der Waals surface area contributed by atoms with Gasteiger partial charge in [0.25, 0.3) is 0 Å². The van der Waals surface area contributed by atoms with Crippen LogP contribution in [0.2, 0.25) is 0 Å². The van der Waals surface area contributed by atoms with Crippen LogP contribution >= 0.6 is 0 Å². The van der Waals surface area contributed by atoms with Gasteiger partial charge in [0.2, 0.25) is 0 Å². The third-order valence-electron chi connectivity index (χ3n) is 3.20. The molecule has 0 aliphatic carbocycles. The van der Waals surface area contributed by atoms with Crippen LogP contribution in [0.3, 0.4) is 0 Å². The van der Waals surface area contributed by atoms with Crippen molar-refractivity contribution in [2.45, 2.75) is 27.2 Å². The van der Waals surface area contributed by atoms with E-state index in [2.05, 4.69) is 31.3 Å². The molecule has 1 aromatic heterocycles. The first-order valence-corrected chi connectivity index (χ1v) is 6.47. The number of benzene rings is 1. The summed E-state index contributed by atoms with van der Waals surface area (Å²) in [5, 5.41) is 3.26. The van der Waals surface area contributed by atoms with E-state index in [-0.39, 0.29) is 5.78 Å². The summed E-state index contributed by atoms with van der Waals surface area (Å²) in [6.45, 7) is 6.62. The van der Waals surface area contributed by atoms with Gasteiger partial charge < -0.3 is 9.73 Å². The molecule has 3 heteroatoms.